The van der Waals surface area contributed by atoms with E-state index in [0.29, 0.717) is 35.0 Å². The van der Waals surface area contributed by atoms with Crippen molar-refractivity contribution in [2.24, 2.45) is 0 Å². The predicted octanol–water partition coefficient (Wildman–Crippen LogP) is 4.87. The van der Waals surface area contributed by atoms with Crippen LogP contribution in [0.25, 0.3) is 0 Å². The molecule has 0 unspecified atom stereocenters. The molecule has 0 aliphatic heterocycles. The van der Waals surface area contributed by atoms with Gasteiger partial charge in [-0.05, 0) is 65.8 Å². The fourth-order valence-electron chi connectivity index (χ4n) is 2.62. The van der Waals surface area contributed by atoms with Crippen molar-refractivity contribution in [1.82, 2.24) is 14.9 Å². The molecule has 148 valence electrons. The summed E-state index contributed by atoms with van der Waals surface area (Å²) >= 11 is 8.73. The summed E-state index contributed by atoms with van der Waals surface area (Å²) in [6.45, 7) is 4.83. The molecule has 2 N–H and O–H groups in total. The normalized spacial score (nSPS) is 10.7. The summed E-state index contributed by atoms with van der Waals surface area (Å²) in [6.07, 6.45) is 0. The average Bonchev–Trinajstić information content (AvgIpc) is 2.99. The number of aromatic nitrogens is 3. The van der Waals surface area contributed by atoms with Crippen molar-refractivity contribution < 1.29 is 13.9 Å². The first-order chi connectivity index (χ1) is 13.5. The SMILES string of the molecule is CCOc1cc(CNn2c(C)n[nH]c2=S)cc(Br)c1OCc1ccccc1F. The third kappa shape index (κ3) is 4.71. The van der Waals surface area contributed by atoms with Crippen LogP contribution < -0.4 is 14.9 Å². The smallest absolute Gasteiger partial charge is 0.214 e. The summed E-state index contributed by atoms with van der Waals surface area (Å²) in [5, 5.41) is 6.80. The van der Waals surface area contributed by atoms with Gasteiger partial charge in [0.15, 0.2) is 11.5 Å². The van der Waals surface area contributed by atoms with Crippen LogP contribution in [0.5, 0.6) is 11.5 Å². The van der Waals surface area contributed by atoms with E-state index in [1.165, 1.54) is 6.07 Å². The summed E-state index contributed by atoms with van der Waals surface area (Å²) in [5.41, 5.74) is 4.64. The zero-order valence-corrected chi connectivity index (χ0v) is 17.9. The van der Waals surface area contributed by atoms with Gasteiger partial charge in [0, 0.05) is 5.56 Å². The molecular formula is C19H20BrFN4O2S. The fraction of sp³-hybridized carbons (Fsp3) is 0.263. The van der Waals surface area contributed by atoms with Crippen molar-refractivity contribution >= 4 is 28.1 Å². The maximum atomic E-state index is 13.9. The Balaban J connectivity index is 1.79. The Labute approximate surface area is 175 Å². The van der Waals surface area contributed by atoms with Gasteiger partial charge in [0.05, 0.1) is 17.6 Å². The third-order valence-corrected chi connectivity index (χ3v) is 4.84. The van der Waals surface area contributed by atoms with E-state index in [1.54, 1.807) is 22.9 Å². The molecule has 0 radical (unpaired) electrons. The van der Waals surface area contributed by atoms with E-state index in [9.17, 15) is 4.39 Å². The van der Waals surface area contributed by atoms with Crippen LogP contribution in [0.4, 0.5) is 4.39 Å². The molecule has 28 heavy (non-hydrogen) atoms. The number of aromatic amines is 1. The molecule has 1 heterocycles. The first-order valence-corrected chi connectivity index (χ1v) is 9.89. The van der Waals surface area contributed by atoms with Gasteiger partial charge in [-0.1, -0.05) is 18.2 Å². The minimum absolute atomic E-state index is 0.103. The second-order valence-corrected chi connectivity index (χ2v) is 7.21. The predicted molar refractivity (Wildman–Crippen MR) is 111 cm³/mol. The van der Waals surface area contributed by atoms with Gasteiger partial charge in [-0.3, -0.25) is 5.10 Å². The molecule has 0 bridgehead atoms. The number of nitrogens with zero attached hydrogens (tertiary/aromatic N) is 2. The molecule has 0 atom stereocenters. The van der Waals surface area contributed by atoms with Crippen molar-refractivity contribution in [3.63, 3.8) is 0 Å². The first-order valence-electron chi connectivity index (χ1n) is 8.69. The summed E-state index contributed by atoms with van der Waals surface area (Å²) in [5.74, 6) is 1.55. The Morgan fingerprint density at radius 1 is 1.29 bits per heavy atom. The lowest BCUT2D eigenvalue weighted by Crippen LogP contribution is -2.16. The van der Waals surface area contributed by atoms with E-state index in [2.05, 4.69) is 31.6 Å². The molecule has 0 amide bonds. The van der Waals surface area contributed by atoms with Crippen LogP contribution in [0.15, 0.2) is 40.9 Å². The van der Waals surface area contributed by atoms with Crippen LogP contribution in [0.3, 0.4) is 0 Å². The minimum Gasteiger partial charge on any atom is -0.490 e. The molecule has 3 rings (SSSR count). The minimum atomic E-state index is -0.301. The van der Waals surface area contributed by atoms with Crippen molar-refractivity contribution in [3.8, 4) is 11.5 Å². The molecule has 0 saturated heterocycles. The molecule has 0 saturated carbocycles. The summed E-state index contributed by atoms with van der Waals surface area (Å²) < 4.78 is 28.4. The molecule has 0 fully saturated rings. The Morgan fingerprint density at radius 3 is 2.75 bits per heavy atom. The van der Waals surface area contributed by atoms with Crippen LogP contribution in [0, 0.1) is 17.5 Å². The Morgan fingerprint density at radius 2 is 2.07 bits per heavy atom. The van der Waals surface area contributed by atoms with Gasteiger partial charge in [-0.15, -0.1) is 0 Å². The monoisotopic (exact) mass is 466 g/mol. The maximum absolute atomic E-state index is 13.9. The van der Waals surface area contributed by atoms with Crippen molar-refractivity contribution in [3.05, 3.63) is 68.4 Å². The number of nitrogens with one attached hydrogen (secondary N) is 2. The van der Waals surface area contributed by atoms with Gasteiger partial charge in [0.1, 0.15) is 18.2 Å². The Kier molecular flexibility index (Phi) is 6.69. The summed E-state index contributed by atoms with van der Waals surface area (Å²) in [7, 11) is 0. The van der Waals surface area contributed by atoms with E-state index in [1.807, 2.05) is 26.0 Å². The number of H-pyrrole nitrogens is 1. The van der Waals surface area contributed by atoms with Crippen molar-refractivity contribution in [2.75, 3.05) is 12.0 Å². The molecule has 0 aliphatic rings. The van der Waals surface area contributed by atoms with Crippen LogP contribution in [0.1, 0.15) is 23.9 Å². The van der Waals surface area contributed by atoms with Crippen LogP contribution in [-0.4, -0.2) is 21.5 Å². The molecule has 2 aromatic carbocycles. The lowest BCUT2D eigenvalue weighted by atomic mass is 10.2. The molecule has 0 aliphatic carbocycles. The zero-order valence-electron chi connectivity index (χ0n) is 15.5. The summed E-state index contributed by atoms with van der Waals surface area (Å²) in [6, 6.07) is 10.3. The second-order valence-electron chi connectivity index (χ2n) is 5.96. The highest BCUT2D eigenvalue weighted by Crippen LogP contribution is 2.37. The summed E-state index contributed by atoms with van der Waals surface area (Å²) in [4.78, 5) is 0. The topological polar surface area (TPSA) is 64.1 Å². The van der Waals surface area contributed by atoms with Crippen LogP contribution >= 0.6 is 28.1 Å². The average molecular weight is 467 g/mol. The number of rotatable bonds is 8. The second kappa shape index (κ2) is 9.20. The number of ether oxygens (including phenoxy) is 2. The number of hydrogen-bond donors (Lipinski definition) is 2. The molecule has 9 heteroatoms. The van der Waals surface area contributed by atoms with Gasteiger partial charge in [-0.25, -0.2) is 9.07 Å². The molecule has 1 aromatic heterocycles. The fourth-order valence-corrected chi connectivity index (χ4v) is 3.47. The van der Waals surface area contributed by atoms with E-state index in [4.69, 9.17) is 21.7 Å². The quantitative estimate of drug-likeness (QED) is 0.463. The molecule has 6 nitrogen and oxygen atoms in total. The lowest BCUT2D eigenvalue weighted by Gasteiger charge is -2.16. The highest BCUT2D eigenvalue weighted by Gasteiger charge is 2.14. The van der Waals surface area contributed by atoms with Gasteiger partial charge >= 0.3 is 0 Å². The lowest BCUT2D eigenvalue weighted by molar-refractivity contribution is 0.264. The molecular weight excluding hydrogens is 447 g/mol. The Bertz CT molecular complexity index is 1020. The van der Waals surface area contributed by atoms with Gasteiger partial charge < -0.3 is 14.9 Å². The van der Waals surface area contributed by atoms with E-state index in [-0.39, 0.29) is 12.4 Å². The van der Waals surface area contributed by atoms with Gasteiger partial charge in [0.2, 0.25) is 4.77 Å². The number of hydrogen-bond acceptors (Lipinski definition) is 5. The van der Waals surface area contributed by atoms with Crippen LogP contribution in [0.2, 0.25) is 0 Å². The van der Waals surface area contributed by atoms with E-state index < -0.39 is 0 Å². The first kappa shape index (κ1) is 20.3. The van der Waals surface area contributed by atoms with Crippen molar-refractivity contribution in [1.29, 1.82) is 0 Å². The van der Waals surface area contributed by atoms with Crippen molar-refractivity contribution in [2.45, 2.75) is 27.0 Å². The van der Waals surface area contributed by atoms with E-state index in [0.717, 1.165) is 15.9 Å². The Hall–Kier alpha value is -2.39. The number of aryl methyl sites for hydroxylation is 1. The number of benzene rings is 2. The third-order valence-electron chi connectivity index (χ3n) is 3.98. The zero-order chi connectivity index (χ0) is 20.1. The highest BCUT2D eigenvalue weighted by atomic mass is 79.9. The standard InChI is InChI=1S/C19H20BrFN4O2S/c1-3-26-17-9-13(10-22-25-12(2)23-24-19(25)28)8-15(20)18(17)27-11-14-6-4-5-7-16(14)21/h4-9,22H,3,10-11H2,1-2H3,(H,24,28). The van der Waals surface area contributed by atoms with Gasteiger partial charge in [0.25, 0.3) is 0 Å². The van der Waals surface area contributed by atoms with Gasteiger partial charge in [-0.2, -0.15) is 5.10 Å². The molecule has 0 spiro atoms. The van der Waals surface area contributed by atoms with Crippen LogP contribution in [-0.2, 0) is 13.2 Å². The maximum Gasteiger partial charge on any atom is 0.214 e. The highest BCUT2D eigenvalue weighted by molar-refractivity contribution is 9.10. The molecule has 3 aromatic rings. The number of halogens is 2. The largest absolute Gasteiger partial charge is 0.490 e. The van der Waals surface area contributed by atoms with E-state index >= 15 is 0 Å².